The van der Waals surface area contributed by atoms with E-state index < -0.39 is 6.04 Å². The molecule has 1 fully saturated rings. The molecule has 1 unspecified atom stereocenters. The Morgan fingerprint density at radius 1 is 1.09 bits per heavy atom. The van der Waals surface area contributed by atoms with Crippen molar-refractivity contribution in [3.05, 3.63) is 58.3 Å². The highest BCUT2D eigenvalue weighted by atomic mass is 16.2. The standard InChI is InChI=1S/C26H31N5O3/c32-23-12-11-22(25(33)30-23)31-16-21-18(5-3-8-20(21)26(31)34)15-27-13-2-1-7-19-10-9-17-6-4-14-28-24(17)29-19/h3,5,8-10,22,27H,1-2,4,6-7,11-16H2,(H,28,29)(H,30,32,33). The van der Waals surface area contributed by atoms with Gasteiger partial charge in [-0.2, -0.15) is 0 Å². The van der Waals surface area contributed by atoms with Crippen molar-refractivity contribution < 1.29 is 14.4 Å². The van der Waals surface area contributed by atoms with E-state index in [9.17, 15) is 14.4 Å². The van der Waals surface area contributed by atoms with Crippen molar-refractivity contribution in [2.75, 3.05) is 18.4 Å². The summed E-state index contributed by atoms with van der Waals surface area (Å²) in [5, 5.41) is 9.26. The van der Waals surface area contributed by atoms with Gasteiger partial charge in [0, 0.05) is 37.3 Å². The fourth-order valence-corrected chi connectivity index (χ4v) is 5.10. The molecule has 8 nitrogen and oxygen atoms in total. The lowest BCUT2D eigenvalue weighted by atomic mass is 10.0. The highest BCUT2D eigenvalue weighted by molar-refractivity contribution is 6.05. The van der Waals surface area contributed by atoms with Crippen LogP contribution in [-0.2, 0) is 35.5 Å². The van der Waals surface area contributed by atoms with Crippen LogP contribution < -0.4 is 16.0 Å². The molecule has 0 spiro atoms. The number of fused-ring (bicyclic) bond motifs is 2. The number of benzene rings is 1. The van der Waals surface area contributed by atoms with Gasteiger partial charge in [-0.1, -0.05) is 18.2 Å². The zero-order valence-corrected chi connectivity index (χ0v) is 19.4. The van der Waals surface area contributed by atoms with Gasteiger partial charge in [-0.05, 0) is 73.9 Å². The Balaban J connectivity index is 1.11. The van der Waals surface area contributed by atoms with E-state index >= 15 is 0 Å². The number of anilines is 1. The zero-order valence-electron chi connectivity index (χ0n) is 19.4. The maximum atomic E-state index is 12.9. The third-order valence-electron chi connectivity index (χ3n) is 6.98. The molecule has 2 aromatic rings. The number of unbranched alkanes of at least 4 members (excludes halogenated alkanes) is 1. The molecule has 0 aliphatic carbocycles. The van der Waals surface area contributed by atoms with Crippen molar-refractivity contribution in [2.24, 2.45) is 0 Å². The number of hydrogen-bond acceptors (Lipinski definition) is 6. The van der Waals surface area contributed by atoms with Crippen molar-refractivity contribution >= 4 is 23.5 Å². The van der Waals surface area contributed by atoms with Gasteiger partial charge in [0.25, 0.3) is 5.91 Å². The fourth-order valence-electron chi connectivity index (χ4n) is 5.10. The second-order valence-electron chi connectivity index (χ2n) is 9.32. The van der Waals surface area contributed by atoms with Crippen molar-refractivity contribution in [3.63, 3.8) is 0 Å². The SMILES string of the molecule is O=C1CCC(N2Cc3c(CNCCCCc4ccc5c(n4)NCCC5)cccc3C2=O)C(=O)N1. The summed E-state index contributed by atoms with van der Waals surface area (Å²) in [4.78, 5) is 43.1. The van der Waals surface area contributed by atoms with Crippen molar-refractivity contribution in [1.82, 2.24) is 20.5 Å². The van der Waals surface area contributed by atoms with Gasteiger partial charge in [-0.3, -0.25) is 19.7 Å². The third kappa shape index (κ3) is 4.68. The molecule has 178 valence electrons. The number of imide groups is 1. The van der Waals surface area contributed by atoms with Crippen molar-refractivity contribution in [3.8, 4) is 0 Å². The van der Waals surface area contributed by atoms with E-state index in [-0.39, 0.29) is 24.1 Å². The number of rotatable bonds is 8. The maximum Gasteiger partial charge on any atom is 0.255 e. The summed E-state index contributed by atoms with van der Waals surface area (Å²) in [7, 11) is 0. The predicted molar refractivity (Wildman–Crippen MR) is 128 cm³/mol. The number of aryl methyl sites for hydroxylation is 2. The Hall–Kier alpha value is -3.26. The number of aromatic nitrogens is 1. The van der Waals surface area contributed by atoms with Gasteiger partial charge in [0.2, 0.25) is 11.8 Å². The van der Waals surface area contributed by atoms with Gasteiger partial charge in [-0.25, -0.2) is 4.98 Å². The van der Waals surface area contributed by atoms with Crippen LogP contribution in [0.15, 0.2) is 30.3 Å². The van der Waals surface area contributed by atoms with Gasteiger partial charge in [-0.15, -0.1) is 0 Å². The lowest BCUT2D eigenvalue weighted by Crippen LogP contribution is -2.52. The summed E-state index contributed by atoms with van der Waals surface area (Å²) in [6.07, 6.45) is 6.01. The second-order valence-corrected chi connectivity index (χ2v) is 9.32. The van der Waals surface area contributed by atoms with Crippen LogP contribution in [0, 0.1) is 0 Å². The van der Waals surface area contributed by atoms with E-state index in [2.05, 4.69) is 28.1 Å². The molecule has 0 saturated carbocycles. The molecule has 3 aliphatic rings. The average molecular weight is 462 g/mol. The highest BCUT2D eigenvalue weighted by Gasteiger charge is 2.39. The smallest absolute Gasteiger partial charge is 0.255 e. The van der Waals surface area contributed by atoms with Crippen LogP contribution in [-0.4, -0.2) is 46.7 Å². The summed E-state index contributed by atoms with van der Waals surface area (Å²) in [6, 6.07) is 9.54. The Morgan fingerprint density at radius 3 is 2.88 bits per heavy atom. The van der Waals surface area contributed by atoms with Gasteiger partial charge < -0.3 is 15.5 Å². The molecular weight excluding hydrogens is 430 g/mol. The normalized spacial score (nSPS) is 19.5. The van der Waals surface area contributed by atoms with E-state index in [0.29, 0.717) is 25.1 Å². The molecule has 3 amide bonds. The van der Waals surface area contributed by atoms with E-state index in [0.717, 1.165) is 61.4 Å². The van der Waals surface area contributed by atoms with Crippen LogP contribution in [0.3, 0.4) is 0 Å². The van der Waals surface area contributed by atoms with E-state index in [4.69, 9.17) is 4.98 Å². The first kappa shape index (κ1) is 22.5. The zero-order chi connectivity index (χ0) is 23.5. The number of carbonyl (C=O) groups excluding carboxylic acids is 3. The number of hydrogen-bond donors (Lipinski definition) is 3. The lowest BCUT2D eigenvalue weighted by molar-refractivity contribution is -0.136. The van der Waals surface area contributed by atoms with Gasteiger partial charge in [0.15, 0.2) is 0 Å². The minimum atomic E-state index is -0.578. The summed E-state index contributed by atoms with van der Waals surface area (Å²) < 4.78 is 0. The van der Waals surface area contributed by atoms with Crippen LogP contribution in [0.5, 0.6) is 0 Å². The minimum absolute atomic E-state index is 0.126. The number of amides is 3. The number of nitrogens with zero attached hydrogens (tertiary/aromatic N) is 2. The van der Waals surface area contributed by atoms with E-state index in [1.807, 2.05) is 18.2 Å². The Labute approximate surface area is 199 Å². The summed E-state index contributed by atoms with van der Waals surface area (Å²) >= 11 is 0. The highest BCUT2D eigenvalue weighted by Crippen LogP contribution is 2.29. The minimum Gasteiger partial charge on any atom is -0.370 e. The Morgan fingerprint density at radius 2 is 2.00 bits per heavy atom. The third-order valence-corrected chi connectivity index (χ3v) is 6.98. The van der Waals surface area contributed by atoms with Crippen LogP contribution in [0.1, 0.15) is 64.8 Å². The van der Waals surface area contributed by atoms with Crippen LogP contribution in [0.2, 0.25) is 0 Å². The number of carbonyl (C=O) groups is 3. The quantitative estimate of drug-likeness (QED) is 0.412. The van der Waals surface area contributed by atoms with Crippen LogP contribution >= 0.6 is 0 Å². The molecule has 1 atom stereocenters. The molecule has 8 heteroatoms. The molecule has 1 aromatic heterocycles. The number of piperidine rings is 1. The molecule has 1 aromatic carbocycles. The molecule has 0 bridgehead atoms. The van der Waals surface area contributed by atoms with Gasteiger partial charge >= 0.3 is 0 Å². The van der Waals surface area contributed by atoms with E-state index in [1.54, 1.807) is 4.90 Å². The van der Waals surface area contributed by atoms with Crippen LogP contribution in [0.25, 0.3) is 0 Å². The summed E-state index contributed by atoms with van der Waals surface area (Å²) in [5.74, 6) is 0.287. The Bertz CT molecular complexity index is 1120. The van der Waals surface area contributed by atoms with Crippen LogP contribution in [0.4, 0.5) is 5.82 Å². The van der Waals surface area contributed by atoms with Gasteiger partial charge in [0.05, 0.1) is 0 Å². The summed E-state index contributed by atoms with van der Waals surface area (Å²) in [5.41, 5.74) is 5.19. The largest absolute Gasteiger partial charge is 0.370 e. The summed E-state index contributed by atoms with van der Waals surface area (Å²) in [6.45, 7) is 2.99. The topological polar surface area (TPSA) is 103 Å². The van der Waals surface area contributed by atoms with Crippen molar-refractivity contribution in [2.45, 2.75) is 64.1 Å². The number of pyridine rings is 1. The second kappa shape index (κ2) is 9.93. The monoisotopic (exact) mass is 461 g/mol. The molecule has 4 heterocycles. The maximum absolute atomic E-state index is 12.9. The number of nitrogens with one attached hydrogen (secondary N) is 3. The molecule has 3 N–H and O–H groups in total. The molecule has 5 rings (SSSR count). The average Bonchev–Trinajstić information content (AvgIpc) is 3.18. The Kier molecular flexibility index (Phi) is 6.58. The van der Waals surface area contributed by atoms with E-state index in [1.165, 1.54) is 12.0 Å². The molecule has 3 aliphatic heterocycles. The molecular formula is C26H31N5O3. The lowest BCUT2D eigenvalue weighted by Gasteiger charge is -2.29. The first-order valence-electron chi connectivity index (χ1n) is 12.3. The predicted octanol–water partition coefficient (Wildman–Crippen LogP) is 2.31. The molecule has 34 heavy (non-hydrogen) atoms. The molecule has 1 saturated heterocycles. The van der Waals surface area contributed by atoms with Crippen molar-refractivity contribution in [1.29, 1.82) is 0 Å². The first-order chi connectivity index (χ1) is 16.6. The first-order valence-corrected chi connectivity index (χ1v) is 12.3. The fraction of sp³-hybridized carbons (Fsp3) is 0.462. The van der Waals surface area contributed by atoms with Gasteiger partial charge in [0.1, 0.15) is 11.9 Å². The molecule has 0 radical (unpaired) electrons.